The van der Waals surface area contributed by atoms with Gasteiger partial charge in [-0.25, -0.2) is 0 Å². The number of carbonyl (C=O) groups is 1. The van der Waals surface area contributed by atoms with Crippen LogP contribution in [0.5, 0.6) is 0 Å². The minimum Gasteiger partial charge on any atom is -0.368 e. The summed E-state index contributed by atoms with van der Waals surface area (Å²) in [6.45, 7) is 4.51. The fourth-order valence-corrected chi connectivity index (χ4v) is 2.23. The molecule has 0 saturated heterocycles. The van der Waals surface area contributed by atoms with Gasteiger partial charge in [-0.05, 0) is 32.6 Å². The predicted octanol–water partition coefficient (Wildman–Crippen LogP) is 2.56. The molecule has 1 aliphatic carbocycles. The third kappa shape index (κ3) is 2.53. The first kappa shape index (κ1) is 10.7. The largest absolute Gasteiger partial charge is 0.368 e. The number of hydrogen-bond donors (Lipinski definition) is 0. The van der Waals surface area contributed by atoms with E-state index in [-0.39, 0.29) is 0 Å². The molecule has 0 aromatic rings. The van der Waals surface area contributed by atoms with Crippen LogP contribution in [0.4, 0.5) is 0 Å². The van der Waals surface area contributed by atoms with E-state index in [9.17, 15) is 4.79 Å². The Labute approximate surface area is 80.7 Å². The molecule has 0 heterocycles. The molecule has 1 rings (SSSR count). The maximum Gasteiger partial charge on any atom is 0.151 e. The summed E-state index contributed by atoms with van der Waals surface area (Å²) in [4.78, 5) is 11.0. The van der Waals surface area contributed by atoms with E-state index in [2.05, 4.69) is 0 Å². The van der Waals surface area contributed by atoms with Crippen LogP contribution >= 0.6 is 0 Å². The van der Waals surface area contributed by atoms with E-state index in [0.29, 0.717) is 12.5 Å². The quantitative estimate of drug-likeness (QED) is 0.628. The fraction of sp³-hybridized carbons (Fsp3) is 0.909. The Morgan fingerprint density at radius 2 is 2.00 bits per heavy atom. The van der Waals surface area contributed by atoms with Gasteiger partial charge in [0, 0.05) is 6.61 Å². The van der Waals surface area contributed by atoms with E-state index in [1.165, 1.54) is 19.3 Å². The predicted molar refractivity (Wildman–Crippen MR) is 52.7 cm³/mol. The second kappa shape index (κ2) is 4.75. The molecule has 1 unspecified atom stereocenters. The highest BCUT2D eigenvalue weighted by atomic mass is 16.5. The average molecular weight is 184 g/mol. The molecule has 0 aromatic carbocycles. The van der Waals surface area contributed by atoms with Gasteiger partial charge >= 0.3 is 0 Å². The smallest absolute Gasteiger partial charge is 0.151 e. The van der Waals surface area contributed by atoms with Crippen molar-refractivity contribution in [2.24, 2.45) is 5.92 Å². The van der Waals surface area contributed by atoms with E-state index in [1.54, 1.807) is 0 Å². The highest BCUT2D eigenvalue weighted by Gasteiger charge is 2.35. The van der Waals surface area contributed by atoms with Crippen molar-refractivity contribution in [3.8, 4) is 0 Å². The van der Waals surface area contributed by atoms with E-state index in [1.807, 2.05) is 13.8 Å². The molecular formula is C11H20O2. The van der Waals surface area contributed by atoms with Crippen molar-refractivity contribution in [3.63, 3.8) is 0 Å². The second-order valence-electron chi connectivity index (χ2n) is 4.07. The number of aldehydes is 1. The van der Waals surface area contributed by atoms with Gasteiger partial charge in [-0.2, -0.15) is 0 Å². The summed E-state index contributed by atoms with van der Waals surface area (Å²) >= 11 is 0. The van der Waals surface area contributed by atoms with Crippen molar-refractivity contribution in [1.82, 2.24) is 0 Å². The summed E-state index contributed by atoms with van der Waals surface area (Å²) < 4.78 is 5.55. The van der Waals surface area contributed by atoms with Gasteiger partial charge in [0.1, 0.15) is 5.60 Å². The highest BCUT2D eigenvalue weighted by Crippen LogP contribution is 2.33. The van der Waals surface area contributed by atoms with E-state index < -0.39 is 5.60 Å². The minimum absolute atomic E-state index is 0.443. The molecule has 0 radical (unpaired) electrons. The van der Waals surface area contributed by atoms with Crippen LogP contribution in [-0.4, -0.2) is 18.5 Å². The van der Waals surface area contributed by atoms with Gasteiger partial charge in [0.15, 0.2) is 6.29 Å². The molecule has 0 aliphatic heterocycles. The Kier molecular flexibility index (Phi) is 3.91. The van der Waals surface area contributed by atoms with Crippen molar-refractivity contribution in [1.29, 1.82) is 0 Å². The summed E-state index contributed by atoms with van der Waals surface area (Å²) in [5.41, 5.74) is -0.519. The first-order valence-corrected chi connectivity index (χ1v) is 5.33. The lowest BCUT2D eigenvalue weighted by atomic mass is 9.78. The fourth-order valence-electron chi connectivity index (χ4n) is 2.23. The topological polar surface area (TPSA) is 26.3 Å². The Hall–Kier alpha value is -0.370. The van der Waals surface area contributed by atoms with Crippen LogP contribution in [0.15, 0.2) is 0 Å². The SMILES string of the molecule is CCOC(C)(C=O)C1CCCCC1. The molecule has 1 aliphatic rings. The average Bonchev–Trinajstić information content (AvgIpc) is 2.19. The summed E-state index contributed by atoms with van der Waals surface area (Å²) in [6, 6.07) is 0. The highest BCUT2D eigenvalue weighted by molar-refractivity contribution is 5.62. The van der Waals surface area contributed by atoms with Gasteiger partial charge in [0.05, 0.1) is 0 Å². The van der Waals surface area contributed by atoms with Gasteiger partial charge in [-0.1, -0.05) is 19.3 Å². The van der Waals surface area contributed by atoms with Crippen LogP contribution in [0.25, 0.3) is 0 Å². The Morgan fingerprint density at radius 1 is 1.38 bits per heavy atom. The molecule has 1 saturated carbocycles. The monoisotopic (exact) mass is 184 g/mol. The number of ether oxygens (including phenoxy) is 1. The van der Waals surface area contributed by atoms with Gasteiger partial charge in [0.25, 0.3) is 0 Å². The standard InChI is InChI=1S/C11H20O2/c1-3-13-11(2,9-12)10-7-5-4-6-8-10/h9-10H,3-8H2,1-2H3. The molecule has 2 nitrogen and oxygen atoms in total. The number of rotatable bonds is 4. The first-order valence-electron chi connectivity index (χ1n) is 5.33. The molecule has 13 heavy (non-hydrogen) atoms. The molecule has 0 bridgehead atoms. The summed E-state index contributed by atoms with van der Waals surface area (Å²) in [6.07, 6.45) is 7.11. The lowest BCUT2D eigenvalue weighted by Gasteiger charge is -2.35. The third-order valence-corrected chi connectivity index (χ3v) is 3.11. The Bertz CT molecular complexity index is 161. The zero-order valence-electron chi connectivity index (χ0n) is 8.71. The van der Waals surface area contributed by atoms with Crippen molar-refractivity contribution < 1.29 is 9.53 Å². The van der Waals surface area contributed by atoms with E-state index in [0.717, 1.165) is 19.1 Å². The van der Waals surface area contributed by atoms with Crippen LogP contribution in [0.3, 0.4) is 0 Å². The summed E-state index contributed by atoms with van der Waals surface area (Å²) in [5, 5.41) is 0. The van der Waals surface area contributed by atoms with Gasteiger partial charge < -0.3 is 9.53 Å². The van der Waals surface area contributed by atoms with Gasteiger partial charge in [-0.3, -0.25) is 0 Å². The molecule has 0 N–H and O–H groups in total. The minimum atomic E-state index is -0.519. The lowest BCUT2D eigenvalue weighted by Crippen LogP contribution is -2.40. The molecule has 0 aromatic heterocycles. The van der Waals surface area contributed by atoms with E-state index >= 15 is 0 Å². The molecule has 1 fully saturated rings. The van der Waals surface area contributed by atoms with Crippen LogP contribution < -0.4 is 0 Å². The maximum absolute atomic E-state index is 11.0. The Balaban J connectivity index is 2.56. The van der Waals surface area contributed by atoms with Crippen LogP contribution in [-0.2, 0) is 9.53 Å². The van der Waals surface area contributed by atoms with Crippen LogP contribution in [0, 0.1) is 5.92 Å². The zero-order valence-corrected chi connectivity index (χ0v) is 8.71. The maximum atomic E-state index is 11.0. The van der Waals surface area contributed by atoms with E-state index in [4.69, 9.17) is 4.74 Å². The van der Waals surface area contributed by atoms with Crippen LogP contribution in [0.1, 0.15) is 46.0 Å². The number of carbonyl (C=O) groups excluding carboxylic acids is 1. The van der Waals surface area contributed by atoms with Crippen molar-refractivity contribution in [2.75, 3.05) is 6.61 Å². The second-order valence-corrected chi connectivity index (χ2v) is 4.07. The van der Waals surface area contributed by atoms with Gasteiger partial charge in [0.2, 0.25) is 0 Å². The normalized spacial score (nSPS) is 23.8. The molecule has 76 valence electrons. The Morgan fingerprint density at radius 3 is 2.46 bits per heavy atom. The van der Waals surface area contributed by atoms with Gasteiger partial charge in [-0.15, -0.1) is 0 Å². The van der Waals surface area contributed by atoms with Crippen molar-refractivity contribution in [2.45, 2.75) is 51.6 Å². The zero-order chi connectivity index (χ0) is 9.73. The van der Waals surface area contributed by atoms with Crippen molar-refractivity contribution in [3.05, 3.63) is 0 Å². The summed E-state index contributed by atoms with van der Waals surface area (Å²) in [7, 11) is 0. The lowest BCUT2D eigenvalue weighted by molar-refractivity contribution is -0.138. The van der Waals surface area contributed by atoms with Crippen molar-refractivity contribution >= 4 is 6.29 Å². The summed E-state index contributed by atoms with van der Waals surface area (Å²) in [5.74, 6) is 0.443. The number of hydrogen-bond acceptors (Lipinski definition) is 2. The molecule has 0 spiro atoms. The molecule has 2 heteroatoms. The molecule has 0 amide bonds. The first-order chi connectivity index (χ1) is 6.23. The molecular weight excluding hydrogens is 164 g/mol. The van der Waals surface area contributed by atoms with Crippen LogP contribution in [0.2, 0.25) is 0 Å². The molecule has 1 atom stereocenters. The third-order valence-electron chi connectivity index (χ3n) is 3.11.